The van der Waals surface area contributed by atoms with Crippen molar-refractivity contribution in [2.75, 3.05) is 13.2 Å². The van der Waals surface area contributed by atoms with Gasteiger partial charge in [-0.3, -0.25) is 4.79 Å². The van der Waals surface area contributed by atoms with Gasteiger partial charge < -0.3 is 15.2 Å². The molecule has 0 saturated heterocycles. The molecular formula is C12H23NO3. The fraction of sp³-hybridized carbons (Fsp3) is 0.917. The molecule has 0 aromatic rings. The number of carbonyl (C=O) groups is 1. The van der Waals surface area contributed by atoms with E-state index in [1.165, 1.54) is 0 Å². The lowest BCUT2D eigenvalue weighted by Gasteiger charge is -2.34. The molecular weight excluding hydrogens is 206 g/mol. The third-order valence-electron chi connectivity index (χ3n) is 3.07. The van der Waals surface area contributed by atoms with E-state index in [0.717, 1.165) is 19.4 Å². The molecule has 94 valence electrons. The molecule has 0 radical (unpaired) electrons. The number of nitrogens with one attached hydrogen (secondary N) is 1. The van der Waals surface area contributed by atoms with Crippen LogP contribution in [0.4, 0.5) is 0 Å². The van der Waals surface area contributed by atoms with Gasteiger partial charge in [-0.15, -0.1) is 0 Å². The van der Waals surface area contributed by atoms with Gasteiger partial charge in [-0.05, 0) is 32.1 Å². The second-order valence-electron chi connectivity index (χ2n) is 4.49. The molecule has 2 N–H and O–H groups in total. The van der Waals surface area contributed by atoms with E-state index in [1.807, 2.05) is 13.8 Å². The summed E-state index contributed by atoms with van der Waals surface area (Å²) in [5.41, 5.74) is 0. The minimum Gasteiger partial charge on any atom is -0.391 e. The molecule has 1 rings (SSSR count). The Labute approximate surface area is 97.4 Å². The van der Waals surface area contributed by atoms with Crippen molar-refractivity contribution in [1.82, 2.24) is 5.32 Å². The van der Waals surface area contributed by atoms with Crippen molar-refractivity contribution in [2.45, 2.75) is 51.7 Å². The second kappa shape index (κ2) is 6.86. The van der Waals surface area contributed by atoms with Crippen LogP contribution in [0, 0.1) is 5.92 Å². The Hall–Kier alpha value is -0.610. The molecule has 16 heavy (non-hydrogen) atoms. The Morgan fingerprint density at radius 3 is 2.75 bits per heavy atom. The van der Waals surface area contributed by atoms with Crippen LogP contribution >= 0.6 is 0 Å². The lowest BCUT2D eigenvalue weighted by atomic mass is 9.80. The van der Waals surface area contributed by atoms with Gasteiger partial charge in [-0.1, -0.05) is 6.92 Å². The van der Waals surface area contributed by atoms with Crippen LogP contribution < -0.4 is 5.32 Å². The van der Waals surface area contributed by atoms with Crippen molar-refractivity contribution >= 4 is 5.91 Å². The maximum atomic E-state index is 11.5. The summed E-state index contributed by atoms with van der Waals surface area (Å²) in [6.45, 7) is 5.02. The zero-order valence-corrected chi connectivity index (χ0v) is 10.2. The maximum absolute atomic E-state index is 11.5. The summed E-state index contributed by atoms with van der Waals surface area (Å²) in [4.78, 5) is 11.5. The fourth-order valence-corrected chi connectivity index (χ4v) is 1.92. The van der Waals surface area contributed by atoms with Crippen LogP contribution in [0.2, 0.25) is 0 Å². The molecule has 0 aliphatic heterocycles. The first kappa shape index (κ1) is 13.5. The molecule has 0 heterocycles. The van der Waals surface area contributed by atoms with E-state index in [2.05, 4.69) is 5.32 Å². The Morgan fingerprint density at radius 2 is 2.19 bits per heavy atom. The van der Waals surface area contributed by atoms with Crippen molar-refractivity contribution in [3.05, 3.63) is 0 Å². The van der Waals surface area contributed by atoms with E-state index in [-0.39, 0.29) is 5.91 Å². The number of ether oxygens (including phenoxy) is 1. The highest BCUT2D eigenvalue weighted by atomic mass is 16.5. The topological polar surface area (TPSA) is 58.6 Å². The van der Waals surface area contributed by atoms with Gasteiger partial charge in [0.25, 0.3) is 0 Å². The molecule has 1 saturated carbocycles. The average Bonchev–Trinajstić information content (AvgIpc) is 2.23. The Kier molecular flexibility index (Phi) is 5.77. The summed E-state index contributed by atoms with van der Waals surface area (Å²) in [5, 5.41) is 12.0. The number of carbonyl (C=O) groups excluding carboxylic acids is 1. The van der Waals surface area contributed by atoms with Gasteiger partial charge in [-0.2, -0.15) is 0 Å². The van der Waals surface area contributed by atoms with Crippen LogP contribution in [-0.4, -0.2) is 36.4 Å². The molecule has 1 unspecified atom stereocenters. The van der Waals surface area contributed by atoms with Gasteiger partial charge in [-0.25, -0.2) is 0 Å². The summed E-state index contributed by atoms with van der Waals surface area (Å²) < 4.78 is 5.43. The maximum Gasteiger partial charge on any atom is 0.220 e. The molecule has 0 aromatic carbocycles. The van der Waals surface area contributed by atoms with E-state index in [1.54, 1.807) is 0 Å². The van der Waals surface area contributed by atoms with Crippen LogP contribution in [-0.2, 0) is 9.53 Å². The number of amides is 1. The normalized spacial score (nSPS) is 25.9. The highest BCUT2D eigenvalue weighted by Crippen LogP contribution is 2.32. The summed E-state index contributed by atoms with van der Waals surface area (Å²) in [7, 11) is 0. The lowest BCUT2D eigenvalue weighted by Crippen LogP contribution is -2.37. The van der Waals surface area contributed by atoms with Crippen molar-refractivity contribution in [3.63, 3.8) is 0 Å². The third kappa shape index (κ3) is 4.49. The summed E-state index contributed by atoms with van der Waals surface area (Å²) >= 11 is 0. The predicted octanol–water partition coefficient (Wildman–Crippen LogP) is 1.08. The fourth-order valence-electron chi connectivity index (χ4n) is 1.92. The van der Waals surface area contributed by atoms with Crippen LogP contribution in [0.25, 0.3) is 0 Å². The lowest BCUT2D eigenvalue weighted by molar-refractivity contribution is -0.124. The summed E-state index contributed by atoms with van der Waals surface area (Å²) in [6, 6.07) is 0. The van der Waals surface area contributed by atoms with E-state index in [0.29, 0.717) is 31.4 Å². The number of hydrogen-bond acceptors (Lipinski definition) is 3. The van der Waals surface area contributed by atoms with Crippen LogP contribution in [0.1, 0.15) is 39.5 Å². The molecule has 0 spiro atoms. The Bertz CT molecular complexity index is 214. The quantitative estimate of drug-likeness (QED) is 0.687. The highest BCUT2D eigenvalue weighted by Gasteiger charge is 2.30. The molecule has 4 heteroatoms. The Morgan fingerprint density at radius 1 is 1.50 bits per heavy atom. The van der Waals surface area contributed by atoms with Crippen LogP contribution in [0.5, 0.6) is 0 Å². The molecule has 1 atom stereocenters. The van der Waals surface area contributed by atoms with E-state index in [4.69, 9.17) is 4.74 Å². The minimum atomic E-state index is -0.415. The average molecular weight is 229 g/mol. The zero-order chi connectivity index (χ0) is 12.0. The number of aliphatic hydroxyl groups is 1. The Balaban J connectivity index is 2.03. The van der Waals surface area contributed by atoms with Crippen LogP contribution in [0.15, 0.2) is 0 Å². The van der Waals surface area contributed by atoms with Crippen molar-refractivity contribution in [1.29, 1.82) is 0 Å². The van der Waals surface area contributed by atoms with Gasteiger partial charge >= 0.3 is 0 Å². The van der Waals surface area contributed by atoms with Gasteiger partial charge in [0.05, 0.1) is 12.2 Å². The van der Waals surface area contributed by atoms with Gasteiger partial charge in [0.15, 0.2) is 0 Å². The molecule has 0 bridgehead atoms. The number of rotatable bonds is 7. The third-order valence-corrected chi connectivity index (χ3v) is 3.07. The predicted molar refractivity (Wildman–Crippen MR) is 62.1 cm³/mol. The minimum absolute atomic E-state index is 0.0486. The van der Waals surface area contributed by atoms with E-state index < -0.39 is 6.10 Å². The van der Waals surface area contributed by atoms with E-state index in [9.17, 15) is 9.90 Å². The monoisotopic (exact) mass is 229 g/mol. The van der Waals surface area contributed by atoms with Gasteiger partial charge in [0, 0.05) is 19.6 Å². The SMILES string of the molecule is CCOC1CC(CC(=O)NCC(O)CC)C1. The standard InChI is InChI=1S/C12H23NO3/c1-3-10(14)8-13-12(15)7-9-5-11(6-9)16-4-2/h9-11,14H,3-8H2,1-2H3,(H,13,15). The molecule has 1 fully saturated rings. The summed E-state index contributed by atoms with van der Waals surface area (Å²) in [5.74, 6) is 0.516. The smallest absolute Gasteiger partial charge is 0.220 e. The largest absolute Gasteiger partial charge is 0.391 e. The van der Waals surface area contributed by atoms with Crippen molar-refractivity contribution in [2.24, 2.45) is 5.92 Å². The molecule has 1 aliphatic carbocycles. The first-order valence-electron chi connectivity index (χ1n) is 6.22. The molecule has 4 nitrogen and oxygen atoms in total. The van der Waals surface area contributed by atoms with Gasteiger partial charge in [0.1, 0.15) is 0 Å². The molecule has 1 aliphatic rings. The first-order chi connectivity index (χ1) is 7.65. The first-order valence-corrected chi connectivity index (χ1v) is 6.22. The van der Waals surface area contributed by atoms with Gasteiger partial charge in [0.2, 0.25) is 5.91 Å². The second-order valence-corrected chi connectivity index (χ2v) is 4.49. The van der Waals surface area contributed by atoms with E-state index >= 15 is 0 Å². The summed E-state index contributed by atoms with van der Waals surface area (Å²) in [6.07, 6.45) is 3.19. The molecule has 1 amide bonds. The zero-order valence-electron chi connectivity index (χ0n) is 10.2. The number of aliphatic hydroxyl groups excluding tert-OH is 1. The van der Waals surface area contributed by atoms with Crippen molar-refractivity contribution in [3.8, 4) is 0 Å². The highest BCUT2D eigenvalue weighted by molar-refractivity contribution is 5.76. The van der Waals surface area contributed by atoms with Crippen LogP contribution in [0.3, 0.4) is 0 Å². The van der Waals surface area contributed by atoms with Crippen molar-refractivity contribution < 1.29 is 14.6 Å². The molecule has 0 aromatic heterocycles. The number of hydrogen-bond donors (Lipinski definition) is 2.